The number of hydrogen-bond donors (Lipinski definition) is 2. The third-order valence-electron chi connectivity index (χ3n) is 4.95. The minimum absolute atomic E-state index is 0.0946. The zero-order valence-electron chi connectivity index (χ0n) is 17.4. The molecule has 0 aliphatic heterocycles. The molecule has 1 heterocycles. The van der Waals surface area contributed by atoms with E-state index in [9.17, 15) is 23.3 Å². The molecule has 0 radical (unpaired) electrons. The van der Waals surface area contributed by atoms with Gasteiger partial charge < -0.3 is 5.32 Å². The van der Waals surface area contributed by atoms with Crippen molar-refractivity contribution in [1.82, 2.24) is 4.98 Å². The second-order valence-corrected chi connectivity index (χ2v) is 9.82. The maximum absolute atomic E-state index is 13.4. The molecule has 0 spiro atoms. The molecule has 33 heavy (non-hydrogen) atoms. The smallest absolute Gasteiger partial charge is 0.325 e. The van der Waals surface area contributed by atoms with Gasteiger partial charge in [-0.2, -0.15) is 8.42 Å². The molecular formula is C22H19N4O5S2+. The number of nitro benzene ring substituents is 1. The Morgan fingerprint density at radius 3 is 2.48 bits per heavy atom. The van der Waals surface area contributed by atoms with E-state index in [1.165, 1.54) is 28.2 Å². The molecule has 0 bridgehead atoms. The van der Waals surface area contributed by atoms with Crippen molar-refractivity contribution in [3.05, 3.63) is 88.5 Å². The maximum Gasteiger partial charge on any atom is 0.336 e. The quantitative estimate of drug-likeness (QED) is 0.179. The van der Waals surface area contributed by atoms with Crippen molar-refractivity contribution >= 4 is 50.1 Å². The van der Waals surface area contributed by atoms with E-state index in [2.05, 4.69) is 10.3 Å². The van der Waals surface area contributed by atoms with Crippen LogP contribution >= 0.6 is 11.8 Å². The largest absolute Gasteiger partial charge is 0.336 e. The van der Waals surface area contributed by atoms with Gasteiger partial charge in [-0.3, -0.25) is 14.9 Å². The number of hydrogen-bond acceptors (Lipinski definition) is 6. The van der Waals surface area contributed by atoms with Crippen LogP contribution in [0.2, 0.25) is 0 Å². The Morgan fingerprint density at radius 1 is 1.06 bits per heavy atom. The Morgan fingerprint density at radius 2 is 1.76 bits per heavy atom. The van der Waals surface area contributed by atoms with Crippen LogP contribution in [0.15, 0.2) is 82.8 Å². The highest BCUT2D eigenvalue weighted by atomic mass is 32.2. The number of thioether (sulfide) groups is 1. The number of rotatable bonds is 7. The zero-order valence-corrected chi connectivity index (χ0v) is 19.0. The van der Waals surface area contributed by atoms with E-state index < -0.39 is 20.9 Å². The van der Waals surface area contributed by atoms with Crippen molar-refractivity contribution in [3.63, 3.8) is 0 Å². The van der Waals surface area contributed by atoms with Crippen LogP contribution in [-0.4, -0.2) is 30.0 Å². The van der Waals surface area contributed by atoms with Gasteiger partial charge in [-0.25, -0.2) is 4.98 Å². The molecule has 0 fully saturated rings. The SMILES string of the molecule is Cc1c(NC(=O)CSc2[nH]c3ccccc3[n+]2S(=O)(=O)c2ccccc2)cccc1[N+](=O)[O-]. The third-order valence-corrected chi connectivity index (χ3v) is 7.75. The lowest BCUT2D eigenvalue weighted by Crippen LogP contribution is -2.44. The van der Waals surface area contributed by atoms with Gasteiger partial charge in [0.15, 0.2) is 11.0 Å². The number of amides is 1. The molecule has 9 nitrogen and oxygen atoms in total. The number of aromatic nitrogens is 2. The van der Waals surface area contributed by atoms with Crippen LogP contribution < -0.4 is 9.29 Å². The molecule has 1 aromatic heterocycles. The van der Waals surface area contributed by atoms with Crippen LogP contribution in [0.25, 0.3) is 11.0 Å². The first-order valence-electron chi connectivity index (χ1n) is 9.79. The number of imidazole rings is 1. The fourth-order valence-corrected chi connectivity index (χ4v) is 5.92. The summed E-state index contributed by atoms with van der Waals surface area (Å²) >= 11 is 1.02. The monoisotopic (exact) mass is 483 g/mol. The molecule has 0 unspecified atom stereocenters. The number of fused-ring (bicyclic) bond motifs is 1. The first kappa shape index (κ1) is 22.5. The summed E-state index contributed by atoms with van der Waals surface area (Å²) in [5.41, 5.74) is 1.64. The van der Waals surface area contributed by atoms with E-state index in [4.69, 9.17) is 0 Å². The molecule has 0 aliphatic carbocycles. The minimum atomic E-state index is -3.92. The van der Waals surface area contributed by atoms with E-state index in [1.54, 1.807) is 55.5 Å². The molecule has 2 N–H and O–H groups in total. The fourth-order valence-electron chi connectivity index (χ4n) is 3.34. The Bertz CT molecular complexity index is 1470. The van der Waals surface area contributed by atoms with E-state index in [0.29, 0.717) is 22.3 Å². The summed E-state index contributed by atoms with van der Waals surface area (Å²) in [6, 6.07) is 19.4. The number of nitrogens with zero attached hydrogens (tertiary/aromatic N) is 2. The summed E-state index contributed by atoms with van der Waals surface area (Å²) < 4.78 is 27.9. The van der Waals surface area contributed by atoms with Crippen molar-refractivity contribution in [3.8, 4) is 0 Å². The predicted molar refractivity (Wildman–Crippen MR) is 125 cm³/mol. The number of H-pyrrole nitrogens is 1. The van der Waals surface area contributed by atoms with Gasteiger partial charge in [0.25, 0.3) is 5.69 Å². The second kappa shape index (κ2) is 9.04. The molecule has 4 rings (SSSR count). The lowest BCUT2D eigenvalue weighted by atomic mass is 10.1. The predicted octanol–water partition coefficient (Wildman–Crippen LogP) is 3.64. The molecule has 11 heteroatoms. The molecule has 0 saturated heterocycles. The summed E-state index contributed by atoms with van der Waals surface area (Å²) in [7, 11) is -3.92. The van der Waals surface area contributed by atoms with Crippen LogP contribution in [0.1, 0.15) is 5.56 Å². The van der Waals surface area contributed by atoms with Crippen molar-refractivity contribution in [2.24, 2.45) is 0 Å². The van der Waals surface area contributed by atoms with E-state index in [0.717, 1.165) is 11.8 Å². The molecule has 0 saturated carbocycles. The summed E-state index contributed by atoms with van der Waals surface area (Å²) in [5, 5.41) is 14.1. The number of aromatic amines is 1. The Balaban J connectivity index is 1.63. The standard InChI is InChI=1S/C22H18N4O5S2/c1-15-17(11-7-13-19(15)26(28)29)23-21(27)14-32-22-24-18-10-5-6-12-20(18)25(22)33(30,31)16-8-3-2-4-9-16/h2-13H,14H2,1H3,(H,23,27)/p+1. The van der Waals surface area contributed by atoms with Gasteiger partial charge in [0.2, 0.25) is 5.91 Å². The number of para-hydroxylation sites is 2. The Labute approximate surface area is 193 Å². The lowest BCUT2D eigenvalue weighted by Gasteiger charge is -2.08. The fraction of sp³-hybridized carbons (Fsp3) is 0.0909. The summed E-state index contributed by atoms with van der Waals surface area (Å²) in [5.74, 6) is -0.537. The van der Waals surface area contributed by atoms with Crippen LogP contribution in [0.3, 0.4) is 0 Å². The van der Waals surface area contributed by atoms with Crippen LogP contribution in [0.5, 0.6) is 0 Å². The summed E-state index contributed by atoms with van der Waals surface area (Å²) in [6.45, 7) is 1.55. The second-order valence-electron chi connectivity index (χ2n) is 7.07. The number of nitro groups is 1. The van der Waals surface area contributed by atoms with Crippen molar-refractivity contribution in [1.29, 1.82) is 0 Å². The van der Waals surface area contributed by atoms with Crippen molar-refractivity contribution in [2.75, 3.05) is 11.1 Å². The lowest BCUT2D eigenvalue weighted by molar-refractivity contribution is -0.526. The number of carbonyl (C=O) groups is 1. The maximum atomic E-state index is 13.4. The summed E-state index contributed by atoms with van der Waals surface area (Å²) in [6.07, 6.45) is 0. The van der Waals surface area contributed by atoms with Gasteiger partial charge in [0.1, 0.15) is 4.90 Å². The highest BCUT2D eigenvalue weighted by Gasteiger charge is 2.32. The van der Waals surface area contributed by atoms with Crippen LogP contribution in [0, 0.1) is 17.0 Å². The van der Waals surface area contributed by atoms with Crippen molar-refractivity contribution in [2.45, 2.75) is 17.0 Å². The van der Waals surface area contributed by atoms with Gasteiger partial charge >= 0.3 is 15.2 Å². The highest BCUT2D eigenvalue weighted by molar-refractivity contribution is 8.00. The number of carbonyl (C=O) groups excluding carboxylic acids is 1. The average Bonchev–Trinajstić information content (AvgIpc) is 3.19. The normalized spacial score (nSPS) is 11.4. The molecule has 0 aliphatic rings. The van der Waals surface area contributed by atoms with Gasteiger partial charge in [-0.15, -0.1) is 3.97 Å². The van der Waals surface area contributed by atoms with Crippen LogP contribution in [0.4, 0.5) is 11.4 Å². The Kier molecular flexibility index (Phi) is 6.16. The summed E-state index contributed by atoms with van der Waals surface area (Å²) in [4.78, 5) is 26.4. The molecule has 4 aromatic rings. The zero-order chi connectivity index (χ0) is 23.6. The van der Waals surface area contributed by atoms with Gasteiger partial charge in [-0.1, -0.05) is 36.4 Å². The minimum Gasteiger partial charge on any atom is -0.325 e. The molecule has 168 valence electrons. The topological polar surface area (TPSA) is 126 Å². The van der Waals surface area contributed by atoms with E-state index >= 15 is 0 Å². The van der Waals surface area contributed by atoms with Gasteiger partial charge in [-0.05, 0) is 49.0 Å². The molecular weight excluding hydrogens is 464 g/mol. The van der Waals surface area contributed by atoms with Crippen LogP contribution in [-0.2, 0) is 14.8 Å². The van der Waals surface area contributed by atoms with Crippen molar-refractivity contribution < 1.29 is 22.1 Å². The number of anilines is 1. The molecule has 0 atom stereocenters. The highest BCUT2D eigenvalue weighted by Crippen LogP contribution is 2.26. The first-order chi connectivity index (χ1) is 15.8. The average molecular weight is 484 g/mol. The van der Waals surface area contributed by atoms with E-state index in [1.807, 2.05) is 0 Å². The Hall–Kier alpha value is -3.70. The van der Waals surface area contributed by atoms with Gasteiger partial charge in [0, 0.05) is 6.07 Å². The third kappa shape index (κ3) is 4.45. The van der Waals surface area contributed by atoms with E-state index in [-0.39, 0.29) is 21.5 Å². The first-order valence-corrected chi connectivity index (χ1v) is 12.2. The van der Waals surface area contributed by atoms with Gasteiger partial charge in [0.05, 0.1) is 21.9 Å². The molecule has 1 amide bonds. The molecule has 3 aromatic carbocycles. The number of nitrogens with one attached hydrogen (secondary N) is 2. The number of benzene rings is 3.